The number of hydrogen-bond acceptors (Lipinski definition) is 4. The molecule has 0 aliphatic heterocycles. The Morgan fingerprint density at radius 1 is 1.00 bits per heavy atom. The standard InChI is InChI=1S/C26H34F3N3O4S/c1-4-23(25(34)30-5-2)31(18-16-20-11-7-6-8-12-20)24(33)15-10-17-32(37(3,35)36)22-14-9-13-21(19-22)26(27,28)29/h6-9,11-14,19,23H,4-5,10,15-18H2,1-3H3,(H,30,34). The fourth-order valence-electron chi connectivity index (χ4n) is 4.03. The predicted octanol–water partition coefficient (Wildman–Crippen LogP) is 4.24. The molecule has 2 amide bonds. The molecule has 0 spiro atoms. The highest BCUT2D eigenvalue weighted by atomic mass is 32.2. The summed E-state index contributed by atoms with van der Waals surface area (Å²) >= 11 is 0. The van der Waals surface area contributed by atoms with E-state index in [9.17, 15) is 31.2 Å². The molecule has 0 aromatic heterocycles. The van der Waals surface area contributed by atoms with Crippen molar-refractivity contribution in [3.63, 3.8) is 0 Å². The van der Waals surface area contributed by atoms with E-state index in [2.05, 4.69) is 5.32 Å². The number of alkyl halides is 3. The Morgan fingerprint density at radius 3 is 2.24 bits per heavy atom. The SMILES string of the molecule is CCNC(=O)C(CC)N(CCc1ccccc1)C(=O)CCCN(c1cccc(C(F)(F)F)c1)S(C)(=O)=O. The number of nitrogens with one attached hydrogen (secondary N) is 1. The second-order valence-electron chi connectivity index (χ2n) is 8.63. The molecule has 0 fully saturated rings. The second-order valence-corrected chi connectivity index (χ2v) is 10.5. The Hall–Kier alpha value is -3.08. The van der Waals surface area contributed by atoms with Gasteiger partial charge in [0.05, 0.1) is 17.5 Å². The molecule has 1 N–H and O–H groups in total. The Bertz CT molecular complexity index is 1140. The largest absolute Gasteiger partial charge is 0.416 e. The zero-order chi connectivity index (χ0) is 27.6. The maximum absolute atomic E-state index is 13.3. The van der Waals surface area contributed by atoms with Gasteiger partial charge >= 0.3 is 6.18 Å². The van der Waals surface area contributed by atoms with Crippen molar-refractivity contribution in [3.8, 4) is 0 Å². The smallest absolute Gasteiger partial charge is 0.355 e. The van der Waals surface area contributed by atoms with E-state index in [-0.39, 0.29) is 36.9 Å². The van der Waals surface area contributed by atoms with Crippen LogP contribution in [0.25, 0.3) is 0 Å². The van der Waals surface area contributed by atoms with Gasteiger partial charge in [-0.1, -0.05) is 43.3 Å². The van der Waals surface area contributed by atoms with E-state index >= 15 is 0 Å². The molecular formula is C26H34F3N3O4S. The molecule has 2 aromatic rings. The van der Waals surface area contributed by atoms with E-state index in [0.717, 1.165) is 34.3 Å². The summed E-state index contributed by atoms with van der Waals surface area (Å²) in [5, 5.41) is 2.75. The molecule has 1 unspecified atom stereocenters. The van der Waals surface area contributed by atoms with Gasteiger partial charge in [0.25, 0.3) is 0 Å². The highest BCUT2D eigenvalue weighted by molar-refractivity contribution is 7.92. The molecule has 0 saturated carbocycles. The van der Waals surface area contributed by atoms with E-state index in [1.165, 1.54) is 11.0 Å². The van der Waals surface area contributed by atoms with Crippen LogP contribution in [-0.2, 0) is 32.2 Å². The van der Waals surface area contributed by atoms with Gasteiger partial charge < -0.3 is 10.2 Å². The van der Waals surface area contributed by atoms with Crippen molar-refractivity contribution in [2.24, 2.45) is 0 Å². The third kappa shape index (κ3) is 9.07. The number of nitrogens with zero attached hydrogens (tertiary/aromatic N) is 2. The lowest BCUT2D eigenvalue weighted by Crippen LogP contribution is -2.50. The van der Waals surface area contributed by atoms with Crippen LogP contribution in [0.5, 0.6) is 0 Å². The van der Waals surface area contributed by atoms with E-state index in [0.29, 0.717) is 25.9 Å². The number of carbonyl (C=O) groups excluding carboxylic acids is 2. The van der Waals surface area contributed by atoms with Gasteiger partial charge in [0.2, 0.25) is 21.8 Å². The van der Waals surface area contributed by atoms with Crippen LogP contribution in [-0.4, -0.2) is 57.1 Å². The van der Waals surface area contributed by atoms with Crippen molar-refractivity contribution in [1.82, 2.24) is 10.2 Å². The van der Waals surface area contributed by atoms with Gasteiger partial charge in [-0.05, 0) is 49.9 Å². The van der Waals surface area contributed by atoms with Crippen LogP contribution in [0.1, 0.15) is 44.2 Å². The fraction of sp³-hybridized carbons (Fsp3) is 0.462. The molecule has 0 saturated heterocycles. The molecule has 37 heavy (non-hydrogen) atoms. The minimum Gasteiger partial charge on any atom is -0.355 e. The van der Waals surface area contributed by atoms with Gasteiger partial charge in [-0.25, -0.2) is 8.42 Å². The van der Waals surface area contributed by atoms with Crippen molar-refractivity contribution < 1.29 is 31.2 Å². The Balaban J connectivity index is 2.18. The Kier molecular flexibility index (Phi) is 11.0. The van der Waals surface area contributed by atoms with E-state index in [4.69, 9.17) is 0 Å². The first-order valence-electron chi connectivity index (χ1n) is 12.1. The molecule has 204 valence electrons. The minimum absolute atomic E-state index is 0.0653. The molecule has 1 atom stereocenters. The molecule has 0 aliphatic rings. The van der Waals surface area contributed by atoms with E-state index in [1.807, 2.05) is 37.3 Å². The summed E-state index contributed by atoms with van der Waals surface area (Å²) in [5.74, 6) is -0.598. The van der Waals surface area contributed by atoms with E-state index in [1.54, 1.807) is 6.92 Å². The van der Waals surface area contributed by atoms with Crippen LogP contribution < -0.4 is 9.62 Å². The number of amides is 2. The average molecular weight is 542 g/mol. The van der Waals surface area contributed by atoms with Crippen LogP contribution in [0, 0.1) is 0 Å². The summed E-state index contributed by atoms with van der Waals surface area (Å²) in [6.07, 6.45) is -2.80. The minimum atomic E-state index is -4.62. The maximum Gasteiger partial charge on any atom is 0.416 e. The van der Waals surface area contributed by atoms with Crippen molar-refractivity contribution in [2.45, 2.75) is 51.7 Å². The highest BCUT2D eigenvalue weighted by Crippen LogP contribution is 2.32. The lowest BCUT2D eigenvalue weighted by atomic mass is 10.1. The first-order chi connectivity index (χ1) is 17.4. The number of anilines is 1. The normalized spacial score (nSPS) is 12.6. The summed E-state index contributed by atoms with van der Waals surface area (Å²) in [6.45, 7) is 4.12. The third-order valence-corrected chi connectivity index (χ3v) is 7.03. The first kappa shape index (κ1) is 30.1. The van der Waals surface area contributed by atoms with Gasteiger partial charge in [0.1, 0.15) is 6.04 Å². The van der Waals surface area contributed by atoms with Crippen molar-refractivity contribution >= 4 is 27.5 Å². The zero-order valence-corrected chi connectivity index (χ0v) is 22.1. The average Bonchev–Trinajstić information content (AvgIpc) is 2.83. The van der Waals surface area contributed by atoms with Gasteiger partial charge in [0.15, 0.2) is 0 Å². The maximum atomic E-state index is 13.3. The van der Waals surface area contributed by atoms with Crippen LogP contribution in [0.3, 0.4) is 0 Å². The quantitative estimate of drug-likeness (QED) is 0.411. The van der Waals surface area contributed by atoms with Crippen molar-refractivity contribution in [1.29, 1.82) is 0 Å². The Labute approximate surface area is 216 Å². The van der Waals surface area contributed by atoms with Crippen molar-refractivity contribution in [3.05, 3.63) is 65.7 Å². The summed E-state index contributed by atoms with van der Waals surface area (Å²) in [6, 6.07) is 12.9. The highest BCUT2D eigenvalue weighted by Gasteiger charge is 2.32. The molecule has 0 radical (unpaired) electrons. The molecule has 7 nitrogen and oxygen atoms in total. The number of benzene rings is 2. The van der Waals surface area contributed by atoms with Crippen LogP contribution in [0.4, 0.5) is 18.9 Å². The Morgan fingerprint density at radius 2 is 1.68 bits per heavy atom. The number of sulfonamides is 1. The first-order valence-corrected chi connectivity index (χ1v) is 14.0. The van der Waals surface area contributed by atoms with Crippen LogP contribution in [0.15, 0.2) is 54.6 Å². The number of halogens is 3. The van der Waals surface area contributed by atoms with Gasteiger partial charge in [0, 0.05) is 26.1 Å². The lowest BCUT2D eigenvalue weighted by molar-refractivity contribution is -0.140. The number of carbonyl (C=O) groups is 2. The van der Waals surface area contributed by atoms with Crippen molar-refractivity contribution in [2.75, 3.05) is 30.2 Å². The monoisotopic (exact) mass is 541 g/mol. The summed E-state index contributed by atoms with van der Waals surface area (Å²) in [5.41, 5.74) is -0.0899. The summed E-state index contributed by atoms with van der Waals surface area (Å²) in [7, 11) is -3.91. The predicted molar refractivity (Wildman–Crippen MR) is 137 cm³/mol. The number of rotatable bonds is 13. The third-order valence-electron chi connectivity index (χ3n) is 5.83. The number of likely N-dealkylation sites (N-methyl/N-ethyl adjacent to an activating group) is 1. The van der Waals surface area contributed by atoms with Gasteiger partial charge in [-0.3, -0.25) is 13.9 Å². The summed E-state index contributed by atoms with van der Waals surface area (Å²) in [4.78, 5) is 27.4. The topological polar surface area (TPSA) is 86.8 Å². The van der Waals surface area contributed by atoms with E-state index < -0.39 is 27.8 Å². The molecule has 0 aliphatic carbocycles. The number of hydrogen-bond donors (Lipinski definition) is 1. The van der Waals surface area contributed by atoms with Crippen LogP contribution >= 0.6 is 0 Å². The molecule has 2 rings (SSSR count). The summed E-state index contributed by atoms with van der Waals surface area (Å²) < 4.78 is 65.1. The fourth-order valence-corrected chi connectivity index (χ4v) is 4.99. The zero-order valence-electron chi connectivity index (χ0n) is 21.3. The molecular weight excluding hydrogens is 507 g/mol. The molecule has 11 heteroatoms. The van der Waals surface area contributed by atoms with Gasteiger partial charge in [-0.2, -0.15) is 13.2 Å². The van der Waals surface area contributed by atoms with Gasteiger partial charge in [-0.15, -0.1) is 0 Å². The molecule has 0 bridgehead atoms. The second kappa shape index (κ2) is 13.5. The molecule has 2 aromatic carbocycles. The lowest BCUT2D eigenvalue weighted by Gasteiger charge is -2.31. The molecule has 0 heterocycles. The van der Waals surface area contributed by atoms with Crippen LogP contribution in [0.2, 0.25) is 0 Å².